The molecule has 0 bridgehead atoms. The summed E-state index contributed by atoms with van der Waals surface area (Å²) in [6.07, 6.45) is 11.2. The minimum atomic E-state index is -1.38. The maximum atomic E-state index is 6.71. The number of hydrogen-bond donors (Lipinski definition) is 0. The van der Waals surface area contributed by atoms with E-state index in [1.807, 2.05) is 0 Å². The molecule has 0 N–H and O–H groups in total. The predicted octanol–water partition coefficient (Wildman–Crippen LogP) is 6.87. The maximum Gasteiger partial charge on any atom is 0.0667 e. The second kappa shape index (κ2) is 8.53. The molecule has 2 aliphatic rings. The molecule has 24 heavy (non-hydrogen) atoms. The normalized spacial score (nSPS) is 20.3. The Morgan fingerprint density at radius 2 is 1.46 bits per heavy atom. The summed E-state index contributed by atoms with van der Waals surface area (Å²) in [5.41, 5.74) is 5.56. The van der Waals surface area contributed by atoms with Gasteiger partial charge in [0.2, 0.25) is 0 Å². The van der Waals surface area contributed by atoms with E-state index in [1.54, 1.807) is 5.30 Å². The zero-order valence-corrected chi connectivity index (χ0v) is 18.5. The zero-order chi connectivity index (χ0) is 16.5. The van der Waals surface area contributed by atoms with Crippen molar-refractivity contribution in [3.05, 3.63) is 35.5 Å². The summed E-state index contributed by atoms with van der Waals surface area (Å²) >= 11 is 6.71. The van der Waals surface area contributed by atoms with Gasteiger partial charge in [-0.1, -0.05) is 45.8 Å². The number of rotatable bonds is 4. The SMILES string of the molecule is CC(C)(C)c1cccc([P+]([CH-]Cl)(C2CCCC2)C2CCCC2)c1.[Pd]. The second-order valence-corrected chi connectivity index (χ2v) is 13.0. The van der Waals surface area contributed by atoms with Gasteiger partial charge in [0.25, 0.3) is 0 Å². The number of hydrogen-bond acceptors (Lipinski definition) is 0. The van der Waals surface area contributed by atoms with E-state index in [9.17, 15) is 0 Å². The Kier molecular flexibility index (Phi) is 7.43. The Morgan fingerprint density at radius 3 is 1.88 bits per heavy atom. The first-order chi connectivity index (χ1) is 11.0. The molecule has 0 heterocycles. The molecule has 0 nitrogen and oxygen atoms in total. The average Bonchev–Trinajstić information content (AvgIpc) is 3.22. The van der Waals surface area contributed by atoms with Crippen LogP contribution in [0.4, 0.5) is 0 Å². The van der Waals surface area contributed by atoms with E-state index in [-0.39, 0.29) is 25.8 Å². The monoisotopic (exact) mass is 456 g/mol. The Bertz CT molecular complexity index is 509. The minimum absolute atomic E-state index is 0. The van der Waals surface area contributed by atoms with Crippen molar-refractivity contribution >= 4 is 24.2 Å². The molecular weight excluding hydrogens is 425 g/mol. The first-order valence-corrected chi connectivity index (χ1v) is 11.9. The van der Waals surface area contributed by atoms with Gasteiger partial charge in [-0.15, -0.1) is 0 Å². The third-order valence-corrected chi connectivity index (χ3v) is 12.1. The Hall–Kier alpha value is 0.602. The van der Waals surface area contributed by atoms with E-state index in [2.05, 4.69) is 50.7 Å². The van der Waals surface area contributed by atoms with Gasteiger partial charge in [0.1, 0.15) is 0 Å². The summed E-state index contributed by atoms with van der Waals surface area (Å²) in [6, 6.07) is 9.51. The van der Waals surface area contributed by atoms with Crippen molar-refractivity contribution in [1.82, 2.24) is 0 Å². The Morgan fingerprint density at radius 1 is 0.958 bits per heavy atom. The minimum Gasteiger partial charge on any atom is -0.304 e. The molecule has 0 unspecified atom stereocenters. The molecule has 0 radical (unpaired) electrons. The van der Waals surface area contributed by atoms with E-state index in [1.165, 1.54) is 56.9 Å². The van der Waals surface area contributed by atoms with Crippen LogP contribution in [0.2, 0.25) is 0 Å². The molecule has 0 spiro atoms. The van der Waals surface area contributed by atoms with E-state index in [4.69, 9.17) is 11.6 Å². The topological polar surface area (TPSA) is 0 Å². The van der Waals surface area contributed by atoms with Gasteiger partial charge in [0.05, 0.1) is 5.30 Å². The van der Waals surface area contributed by atoms with Crippen LogP contribution in [0.1, 0.15) is 77.7 Å². The molecule has 138 valence electrons. The van der Waals surface area contributed by atoms with Crippen molar-refractivity contribution in [2.75, 3.05) is 0 Å². The fraction of sp³-hybridized carbons (Fsp3) is 0.667. The molecule has 0 saturated heterocycles. The second-order valence-electron chi connectivity index (χ2n) is 8.61. The third-order valence-electron chi connectivity index (χ3n) is 6.18. The smallest absolute Gasteiger partial charge is 0.0667 e. The molecule has 0 aromatic heterocycles. The molecule has 0 aliphatic heterocycles. The first-order valence-electron chi connectivity index (χ1n) is 9.42. The van der Waals surface area contributed by atoms with Crippen molar-refractivity contribution in [3.8, 4) is 0 Å². The standard InChI is InChI=1S/C21H32ClP.Pd/c1-21(2,3)17-9-8-14-20(15-17)23(16-22,18-10-4-5-11-18)19-12-6-7-13-19;/h8-9,14-16,18-19H,4-7,10-13H2,1-3H3;. The largest absolute Gasteiger partial charge is 0.304 e. The van der Waals surface area contributed by atoms with E-state index < -0.39 is 7.26 Å². The van der Waals surface area contributed by atoms with E-state index in [0.717, 1.165) is 11.3 Å². The van der Waals surface area contributed by atoms with Gasteiger partial charge in [-0.25, -0.2) is 0 Å². The molecule has 0 atom stereocenters. The summed E-state index contributed by atoms with van der Waals surface area (Å²) in [7, 11) is -1.38. The summed E-state index contributed by atoms with van der Waals surface area (Å²) in [5, 5.41) is 1.60. The summed E-state index contributed by atoms with van der Waals surface area (Å²) in [6.45, 7) is 6.96. The molecule has 3 rings (SSSR count). The quantitative estimate of drug-likeness (QED) is 0.263. The van der Waals surface area contributed by atoms with Gasteiger partial charge in [-0.05, 0) is 74.5 Å². The summed E-state index contributed by atoms with van der Waals surface area (Å²) in [5.74, 6) is 0. The molecule has 1 aromatic carbocycles. The number of halogens is 1. The number of benzene rings is 1. The molecule has 1 aromatic rings. The molecule has 2 aliphatic carbocycles. The van der Waals surface area contributed by atoms with Gasteiger partial charge < -0.3 is 11.6 Å². The van der Waals surface area contributed by atoms with Gasteiger partial charge in [0.15, 0.2) is 0 Å². The van der Waals surface area contributed by atoms with Gasteiger partial charge in [-0.3, -0.25) is 0 Å². The molecule has 0 amide bonds. The van der Waals surface area contributed by atoms with Crippen molar-refractivity contribution in [2.24, 2.45) is 0 Å². The van der Waals surface area contributed by atoms with Crippen LogP contribution < -0.4 is 5.30 Å². The molecular formula is C21H32ClPPd. The van der Waals surface area contributed by atoms with Crippen LogP contribution in [0.15, 0.2) is 24.3 Å². The van der Waals surface area contributed by atoms with Crippen molar-refractivity contribution in [3.63, 3.8) is 0 Å². The third kappa shape index (κ3) is 3.96. The van der Waals surface area contributed by atoms with Crippen LogP contribution >= 0.6 is 18.9 Å². The maximum absolute atomic E-state index is 6.71. The van der Waals surface area contributed by atoms with Crippen molar-refractivity contribution in [2.45, 2.75) is 88.9 Å². The fourth-order valence-electron chi connectivity index (χ4n) is 4.81. The van der Waals surface area contributed by atoms with Crippen LogP contribution in [0.5, 0.6) is 0 Å². The van der Waals surface area contributed by atoms with Crippen molar-refractivity contribution < 1.29 is 20.4 Å². The summed E-state index contributed by atoms with van der Waals surface area (Å²) < 4.78 is 0. The van der Waals surface area contributed by atoms with Crippen LogP contribution in [0.3, 0.4) is 0 Å². The summed E-state index contributed by atoms with van der Waals surface area (Å²) in [4.78, 5) is 0. The first kappa shape index (κ1) is 20.9. The van der Waals surface area contributed by atoms with Crippen LogP contribution in [0.25, 0.3) is 0 Å². The van der Waals surface area contributed by atoms with Gasteiger partial charge >= 0.3 is 0 Å². The van der Waals surface area contributed by atoms with Crippen molar-refractivity contribution in [1.29, 1.82) is 0 Å². The Balaban J connectivity index is 0.00000208. The van der Waals surface area contributed by atoms with Crippen LogP contribution in [-0.4, -0.2) is 11.3 Å². The van der Waals surface area contributed by atoms with E-state index >= 15 is 0 Å². The van der Waals surface area contributed by atoms with E-state index in [0.29, 0.717) is 0 Å². The van der Waals surface area contributed by atoms with Gasteiger partial charge in [-0.2, -0.15) is 0 Å². The molecule has 2 fully saturated rings. The van der Waals surface area contributed by atoms with Crippen LogP contribution in [0, 0.1) is 5.62 Å². The molecule has 3 heteroatoms. The Labute approximate surface area is 168 Å². The molecule has 2 saturated carbocycles. The van der Waals surface area contributed by atoms with Gasteiger partial charge in [0, 0.05) is 31.7 Å². The average molecular weight is 457 g/mol. The predicted molar refractivity (Wildman–Crippen MR) is 106 cm³/mol. The fourth-order valence-corrected chi connectivity index (χ4v) is 11.1. The zero-order valence-electron chi connectivity index (χ0n) is 15.3. The van der Waals surface area contributed by atoms with Crippen LogP contribution in [-0.2, 0) is 25.8 Å².